The Hall–Kier alpha value is -2.13. The zero-order valence-corrected chi connectivity index (χ0v) is 14.6. The number of aryl methyl sites for hydroxylation is 2. The fourth-order valence-electron chi connectivity index (χ4n) is 3.21. The zero-order chi connectivity index (χ0) is 17.6. The van der Waals surface area contributed by atoms with Gasteiger partial charge in [0, 0.05) is 26.3 Å². The number of aromatic nitrogens is 2. The third-order valence-electron chi connectivity index (χ3n) is 4.47. The van der Waals surface area contributed by atoms with Crippen molar-refractivity contribution in [1.82, 2.24) is 13.4 Å². The number of amides is 1. The van der Waals surface area contributed by atoms with Crippen molar-refractivity contribution < 1.29 is 13.2 Å². The molecule has 1 aliphatic heterocycles. The van der Waals surface area contributed by atoms with Crippen LogP contribution in [0.25, 0.3) is 11.0 Å². The molecule has 0 saturated carbocycles. The van der Waals surface area contributed by atoms with Gasteiger partial charge in [0.2, 0.25) is 15.9 Å². The molecule has 0 aliphatic carbocycles. The van der Waals surface area contributed by atoms with Crippen LogP contribution in [0, 0.1) is 0 Å². The average Bonchev–Trinajstić information content (AvgIpc) is 3.09. The normalized spacial score (nSPS) is 19.0. The van der Waals surface area contributed by atoms with Gasteiger partial charge in [0.25, 0.3) is 0 Å². The minimum absolute atomic E-state index is 0.146. The van der Waals surface area contributed by atoms with E-state index in [1.54, 1.807) is 32.3 Å². The number of hydrogen-bond acceptors (Lipinski definition) is 4. The molecule has 24 heavy (non-hydrogen) atoms. The molecule has 1 unspecified atom stereocenters. The largest absolute Gasteiger partial charge is 0.328 e. The Labute approximate surface area is 139 Å². The van der Waals surface area contributed by atoms with Crippen LogP contribution in [0.5, 0.6) is 0 Å². The van der Waals surface area contributed by atoms with Crippen LogP contribution in [0.2, 0.25) is 0 Å². The SMILES string of the molecule is Cn1c(=O)n(C)c2cc(NC(=O)C3CCCN3S(C)(=O)=O)ccc21. The number of hydrogen-bond donors (Lipinski definition) is 1. The Morgan fingerprint density at radius 1 is 1.21 bits per heavy atom. The highest BCUT2D eigenvalue weighted by Crippen LogP contribution is 2.23. The van der Waals surface area contributed by atoms with Crippen molar-refractivity contribution in [3.63, 3.8) is 0 Å². The summed E-state index contributed by atoms with van der Waals surface area (Å²) in [6.07, 6.45) is 2.28. The van der Waals surface area contributed by atoms with Gasteiger partial charge < -0.3 is 5.32 Å². The van der Waals surface area contributed by atoms with Crippen molar-refractivity contribution in [1.29, 1.82) is 0 Å². The lowest BCUT2D eigenvalue weighted by Crippen LogP contribution is -2.42. The van der Waals surface area contributed by atoms with E-state index in [1.165, 1.54) is 13.4 Å². The van der Waals surface area contributed by atoms with E-state index in [0.29, 0.717) is 30.6 Å². The van der Waals surface area contributed by atoms with Crippen molar-refractivity contribution in [2.45, 2.75) is 18.9 Å². The summed E-state index contributed by atoms with van der Waals surface area (Å²) in [6.45, 7) is 0.364. The molecule has 1 amide bonds. The van der Waals surface area contributed by atoms with E-state index in [4.69, 9.17) is 0 Å². The summed E-state index contributed by atoms with van der Waals surface area (Å²) in [5.74, 6) is -0.349. The molecule has 0 radical (unpaired) electrons. The summed E-state index contributed by atoms with van der Waals surface area (Å²) >= 11 is 0. The number of sulfonamides is 1. The van der Waals surface area contributed by atoms with Gasteiger partial charge in [0.1, 0.15) is 6.04 Å². The molecular weight excluding hydrogens is 332 g/mol. The van der Waals surface area contributed by atoms with Crippen LogP contribution in [0.1, 0.15) is 12.8 Å². The van der Waals surface area contributed by atoms with Crippen molar-refractivity contribution >= 4 is 32.7 Å². The minimum Gasteiger partial charge on any atom is -0.325 e. The van der Waals surface area contributed by atoms with Crippen LogP contribution in [-0.4, -0.2) is 46.6 Å². The Kier molecular flexibility index (Phi) is 4.00. The number of nitrogens with one attached hydrogen (secondary N) is 1. The van der Waals surface area contributed by atoms with Gasteiger partial charge in [0.05, 0.1) is 17.3 Å². The summed E-state index contributed by atoms with van der Waals surface area (Å²) in [5.41, 5.74) is 1.85. The number of fused-ring (bicyclic) bond motifs is 1. The second-order valence-electron chi connectivity index (χ2n) is 6.13. The van der Waals surface area contributed by atoms with Crippen LogP contribution >= 0.6 is 0 Å². The van der Waals surface area contributed by atoms with E-state index in [-0.39, 0.29) is 11.6 Å². The van der Waals surface area contributed by atoms with E-state index < -0.39 is 16.1 Å². The van der Waals surface area contributed by atoms with Gasteiger partial charge in [-0.2, -0.15) is 4.31 Å². The molecule has 1 N–H and O–H groups in total. The maximum atomic E-state index is 12.5. The molecule has 8 nitrogen and oxygen atoms in total. The van der Waals surface area contributed by atoms with E-state index in [0.717, 1.165) is 11.8 Å². The third kappa shape index (κ3) is 2.73. The summed E-state index contributed by atoms with van der Waals surface area (Å²) in [7, 11) is -0.0577. The number of imidazole rings is 1. The molecule has 1 atom stereocenters. The summed E-state index contributed by atoms with van der Waals surface area (Å²) in [6, 6.07) is 4.50. The van der Waals surface area contributed by atoms with E-state index in [9.17, 15) is 18.0 Å². The maximum absolute atomic E-state index is 12.5. The number of carbonyl (C=O) groups excluding carboxylic acids is 1. The molecule has 1 fully saturated rings. The smallest absolute Gasteiger partial charge is 0.325 e. The van der Waals surface area contributed by atoms with Crippen LogP contribution in [0.15, 0.2) is 23.0 Å². The number of nitrogens with zero attached hydrogens (tertiary/aromatic N) is 3. The lowest BCUT2D eigenvalue weighted by atomic mass is 10.2. The molecule has 130 valence electrons. The Balaban J connectivity index is 1.88. The van der Waals surface area contributed by atoms with Gasteiger partial charge in [-0.15, -0.1) is 0 Å². The molecule has 1 saturated heterocycles. The molecule has 1 aromatic heterocycles. The number of rotatable bonds is 3. The van der Waals surface area contributed by atoms with E-state index in [2.05, 4.69) is 5.32 Å². The Morgan fingerprint density at radius 2 is 1.88 bits per heavy atom. The van der Waals surface area contributed by atoms with E-state index in [1.807, 2.05) is 0 Å². The summed E-state index contributed by atoms with van der Waals surface area (Å²) in [5, 5.41) is 2.76. The van der Waals surface area contributed by atoms with Crippen molar-refractivity contribution in [2.75, 3.05) is 18.1 Å². The molecule has 3 rings (SSSR count). The fraction of sp³-hybridized carbons (Fsp3) is 0.467. The first kappa shape index (κ1) is 16.7. The zero-order valence-electron chi connectivity index (χ0n) is 13.8. The van der Waals surface area contributed by atoms with Gasteiger partial charge in [-0.25, -0.2) is 13.2 Å². The lowest BCUT2D eigenvalue weighted by Gasteiger charge is -2.21. The minimum atomic E-state index is -3.41. The van der Waals surface area contributed by atoms with E-state index >= 15 is 0 Å². The fourth-order valence-corrected chi connectivity index (χ4v) is 4.33. The monoisotopic (exact) mass is 352 g/mol. The van der Waals surface area contributed by atoms with Gasteiger partial charge >= 0.3 is 5.69 Å². The summed E-state index contributed by atoms with van der Waals surface area (Å²) in [4.78, 5) is 24.4. The standard InChI is InChI=1S/C15H20N4O4S/c1-17-11-7-6-10(9-13(11)18(2)15(17)21)16-14(20)12-5-4-8-19(12)24(3,22)23/h6-7,9,12H,4-5,8H2,1-3H3,(H,16,20). The van der Waals surface area contributed by atoms with Gasteiger partial charge in [0.15, 0.2) is 0 Å². The second kappa shape index (κ2) is 5.75. The molecule has 2 aromatic rings. The second-order valence-corrected chi connectivity index (χ2v) is 8.06. The van der Waals surface area contributed by atoms with Gasteiger partial charge in [-0.05, 0) is 31.0 Å². The van der Waals surface area contributed by atoms with Crippen LogP contribution in [0.4, 0.5) is 5.69 Å². The molecule has 9 heteroatoms. The first-order chi connectivity index (χ1) is 11.2. The molecule has 0 spiro atoms. The molecular formula is C15H20N4O4S. The highest BCUT2D eigenvalue weighted by Gasteiger charge is 2.36. The van der Waals surface area contributed by atoms with Crippen molar-refractivity contribution in [2.24, 2.45) is 14.1 Å². The number of anilines is 1. The Morgan fingerprint density at radius 3 is 2.54 bits per heavy atom. The quantitative estimate of drug-likeness (QED) is 0.856. The maximum Gasteiger partial charge on any atom is 0.328 e. The highest BCUT2D eigenvalue weighted by atomic mass is 32.2. The Bertz CT molecular complexity index is 973. The topological polar surface area (TPSA) is 93.4 Å². The average molecular weight is 352 g/mol. The van der Waals surface area contributed by atoms with Crippen LogP contribution in [0.3, 0.4) is 0 Å². The summed E-state index contributed by atoms with van der Waals surface area (Å²) < 4.78 is 27.8. The van der Waals surface area contributed by atoms with Gasteiger partial charge in [-0.3, -0.25) is 13.9 Å². The predicted octanol–water partition coefficient (Wildman–Crippen LogP) is 0.240. The molecule has 1 aliphatic rings. The van der Waals surface area contributed by atoms with Gasteiger partial charge in [-0.1, -0.05) is 0 Å². The third-order valence-corrected chi connectivity index (χ3v) is 5.76. The van der Waals surface area contributed by atoms with Crippen molar-refractivity contribution in [3.05, 3.63) is 28.7 Å². The lowest BCUT2D eigenvalue weighted by molar-refractivity contribution is -0.119. The first-order valence-electron chi connectivity index (χ1n) is 7.63. The van der Waals surface area contributed by atoms with Crippen LogP contribution in [-0.2, 0) is 28.9 Å². The number of benzene rings is 1. The predicted molar refractivity (Wildman–Crippen MR) is 91.4 cm³/mol. The molecule has 0 bridgehead atoms. The molecule has 2 heterocycles. The molecule has 1 aromatic carbocycles. The van der Waals surface area contributed by atoms with Crippen molar-refractivity contribution in [3.8, 4) is 0 Å². The number of carbonyl (C=O) groups is 1. The van der Waals surface area contributed by atoms with Crippen LogP contribution < -0.4 is 11.0 Å². The highest BCUT2D eigenvalue weighted by molar-refractivity contribution is 7.88. The first-order valence-corrected chi connectivity index (χ1v) is 9.48.